The molecule has 0 N–H and O–H groups in total. The zero-order valence-electron chi connectivity index (χ0n) is 10.6. The fourth-order valence-corrected chi connectivity index (χ4v) is 2.89. The molecule has 19 heavy (non-hydrogen) atoms. The maximum Gasteiger partial charge on any atom is 0.415 e. The van der Waals surface area contributed by atoms with Crippen LogP contribution in [0.25, 0.3) is 0 Å². The Kier molecular flexibility index (Phi) is 5.10. The van der Waals surface area contributed by atoms with Crippen LogP contribution in [0.2, 0.25) is 5.02 Å². The van der Waals surface area contributed by atoms with E-state index in [9.17, 15) is 4.79 Å². The lowest BCUT2D eigenvalue weighted by Crippen LogP contribution is -2.33. The molecule has 1 heterocycles. The number of ether oxygens (including phenoxy) is 1. The summed E-state index contributed by atoms with van der Waals surface area (Å²) >= 11 is 7.46. The van der Waals surface area contributed by atoms with Crippen molar-refractivity contribution in [2.24, 2.45) is 4.99 Å². The second-order valence-electron chi connectivity index (χ2n) is 3.93. The Hall–Kier alpha value is -1.20. The van der Waals surface area contributed by atoms with Crippen molar-refractivity contribution in [3.8, 4) is 0 Å². The van der Waals surface area contributed by atoms with Crippen LogP contribution in [0.5, 0.6) is 0 Å². The number of aliphatic imine (C=N–C) groups is 1. The van der Waals surface area contributed by atoms with Crippen LogP contribution in [0.4, 0.5) is 4.79 Å². The van der Waals surface area contributed by atoms with Gasteiger partial charge in [0.2, 0.25) is 0 Å². The molecule has 0 fully saturated rings. The zero-order chi connectivity index (χ0) is 13.7. The number of hydrogen-bond acceptors (Lipinski definition) is 4. The van der Waals surface area contributed by atoms with E-state index in [0.717, 1.165) is 16.5 Å². The van der Waals surface area contributed by atoms with E-state index in [1.807, 2.05) is 24.3 Å². The Bertz CT molecular complexity index is 493. The molecule has 4 nitrogen and oxygen atoms in total. The Morgan fingerprint density at radius 3 is 3.16 bits per heavy atom. The molecule has 6 heteroatoms. The molecule has 0 radical (unpaired) electrons. The lowest BCUT2D eigenvalue weighted by Gasteiger charge is -2.16. The highest BCUT2D eigenvalue weighted by Crippen LogP contribution is 2.21. The summed E-state index contributed by atoms with van der Waals surface area (Å²) < 4.78 is 5.00. The molecule has 1 aromatic rings. The number of carbonyl (C=O) groups excluding carboxylic acids is 1. The van der Waals surface area contributed by atoms with Crippen molar-refractivity contribution in [2.75, 3.05) is 19.7 Å². The SMILES string of the molecule is CCOC(=O)N1CCN=C1SCc1cccc(Cl)c1. The summed E-state index contributed by atoms with van der Waals surface area (Å²) in [5, 5.41) is 1.44. The molecule has 0 aromatic heterocycles. The maximum atomic E-state index is 11.7. The topological polar surface area (TPSA) is 41.9 Å². The Balaban J connectivity index is 1.93. The molecule has 0 spiro atoms. The van der Waals surface area contributed by atoms with E-state index < -0.39 is 0 Å². The summed E-state index contributed by atoms with van der Waals surface area (Å²) in [5.41, 5.74) is 1.11. The molecule has 1 amide bonds. The van der Waals surface area contributed by atoms with Gasteiger partial charge in [-0.3, -0.25) is 9.89 Å². The Labute approximate surface area is 121 Å². The average Bonchev–Trinajstić information content (AvgIpc) is 2.85. The molecule has 2 rings (SSSR count). The van der Waals surface area contributed by atoms with Crippen molar-refractivity contribution >= 4 is 34.6 Å². The summed E-state index contributed by atoms with van der Waals surface area (Å²) in [7, 11) is 0. The standard InChI is InChI=1S/C13H15ClN2O2S/c1-2-18-13(17)16-7-6-15-12(16)19-9-10-4-3-5-11(14)8-10/h3-5,8H,2,6-7,9H2,1H3. The van der Waals surface area contributed by atoms with Crippen LogP contribution in [-0.4, -0.2) is 35.9 Å². The lowest BCUT2D eigenvalue weighted by atomic mass is 10.2. The van der Waals surface area contributed by atoms with Crippen LogP contribution in [-0.2, 0) is 10.5 Å². The molecule has 0 aliphatic carbocycles. The van der Waals surface area contributed by atoms with E-state index in [4.69, 9.17) is 16.3 Å². The number of hydrogen-bond donors (Lipinski definition) is 0. The molecule has 1 aliphatic heterocycles. The summed E-state index contributed by atoms with van der Waals surface area (Å²) in [5.74, 6) is 0.731. The number of amides is 1. The monoisotopic (exact) mass is 298 g/mol. The fraction of sp³-hybridized carbons (Fsp3) is 0.385. The number of rotatable bonds is 3. The van der Waals surface area contributed by atoms with E-state index in [2.05, 4.69) is 4.99 Å². The molecular formula is C13H15ClN2O2S. The number of nitrogens with zero attached hydrogens (tertiary/aromatic N) is 2. The summed E-state index contributed by atoms with van der Waals surface area (Å²) in [6.45, 7) is 3.40. The van der Waals surface area contributed by atoms with Crippen LogP contribution in [0.15, 0.2) is 29.3 Å². The van der Waals surface area contributed by atoms with Crippen LogP contribution >= 0.6 is 23.4 Å². The Morgan fingerprint density at radius 2 is 2.42 bits per heavy atom. The minimum absolute atomic E-state index is 0.322. The predicted molar refractivity (Wildman–Crippen MR) is 78.8 cm³/mol. The number of amidine groups is 1. The van der Waals surface area contributed by atoms with Gasteiger partial charge in [0.25, 0.3) is 0 Å². The molecule has 0 atom stereocenters. The third-order valence-electron chi connectivity index (χ3n) is 2.55. The van der Waals surface area contributed by atoms with E-state index in [1.165, 1.54) is 11.8 Å². The van der Waals surface area contributed by atoms with Crippen molar-refractivity contribution in [1.29, 1.82) is 0 Å². The fourth-order valence-electron chi connectivity index (χ4n) is 1.70. The normalized spacial score (nSPS) is 14.4. The first-order valence-electron chi connectivity index (χ1n) is 6.06. The summed E-state index contributed by atoms with van der Waals surface area (Å²) in [6.07, 6.45) is -0.322. The molecule has 102 valence electrons. The summed E-state index contributed by atoms with van der Waals surface area (Å²) in [4.78, 5) is 17.6. The van der Waals surface area contributed by atoms with E-state index in [1.54, 1.807) is 11.8 Å². The molecule has 0 saturated heterocycles. The molecular weight excluding hydrogens is 284 g/mol. The number of halogens is 1. The lowest BCUT2D eigenvalue weighted by molar-refractivity contribution is 0.131. The van der Waals surface area contributed by atoms with Crippen molar-refractivity contribution in [1.82, 2.24) is 4.90 Å². The van der Waals surface area contributed by atoms with Gasteiger partial charge in [-0.2, -0.15) is 0 Å². The smallest absolute Gasteiger partial charge is 0.415 e. The second-order valence-corrected chi connectivity index (χ2v) is 5.31. The van der Waals surface area contributed by atoms with Gasteiger partial charge in [-0.1, -0.05) is 35.5 Å². The quantitative estimate of drug-likeness (QED) is 0.859. The van der Waals surface area contributed by atoms with Gasteiger partial charge in [0.1, 0.15) is 0 Å². The van der Waals surface area contributed by atoms with Gasteiger partial charge in [0.05, 0.1) is 19.7 Å². The average molecular weight is 299 g/mol. The third kappa shape index (κ3) is 3.88. The number of benzene rings is 1. The van der Waals surface area contributed by atoms with E-state index in [-0.39, 0.29) is 6.09 Å². The van der Waals surface area contributed by atoms with Gasteiger partial charge in [-0.05, 0) is 24.6 Å². The minimum atomic E-state index is -0.322. The second kappa shape index (κ2) is 6.82. The maximum absolute atomic E-state index is 11.7. The molecule has 0 bridgehead atoms. The van der Waals surface area contributed by atoms with Gasteiger partial charge in [-0.15, -0.1) is 0 Å². The van der Waals surface area contributed by atoms with E-state index in [0.29, 0.717) is 24.7 Å². The highest BCUT2D eigenvalue weighted by Gasteiger charge is 2.24. The van der Waals surface area contributed by atoms with Crippen LogP contribution in [0.3, 0.4) is 0 Å². The van der Waals surface area contributed by atoms with Crippen molar-refractivity contribution in [2.45, 2.75) is 12.7 Å². The first-order valence-corrected chi connectivity index (χ1v) is 7.43. The highest BCUT2D eigenvalue weighted by atomic mass is 35.5. The summed E-state index contributed by atoms with van der Waals surface area (Å²) in [6, 6.07) is 7.67. The molecule has 0 unspecified atom stereocenters. The van der Waals surface area contributed by atoms with Crippen molar-refractivity contribution < 1.29 is 9.53 Å². The first kappa shape index (κ1) is 14.2. The van der Waals surface area contributed by atoms with Gasteiger partial charge >= 0.3 is 6.09 Å². The number of thioether (sulfide) groups is 1. The minimum Gasteiger partial charge on any atom is -0.449 e. The molecule has 1 aliphatic rings. The van der Waals surface area contributed by atoms with Gasteiger partial charge < -0.3 is 4.74 Å². The zero-order valence-corrected chi connectivity index (χ0v) is 12.2. The van der Waals surface area contributed by atoms with E-state index >= 15 is 0 Å². The van der Waals surface area contributed by atoms with Crippen LogP contribution < -0.4 is 0 Å². The van der Waals surface area contributed by atoms with Crippen LogP contribution in [0, 0.1) is 0 Å². The third-order valence-corrected chi connectivity index (χ3v) is 3.87. The number of carbonyl (C=O) groups is 1. The van der Waals surface area contributed by atoms with Gasteiger partial charge in [0.15, 0.2) is 5.17 Å². The van der Waals surface area contributed by atoms with Gasteiger partial charge in [-0.25, -0.2) is 4.79 Å². The highest BCUT2D eigenvalue weighted by molar-refractivity contribution is 8.13. The Morgan fingerprint density at radius 1 is 1.58 bits per heavy atom. The predicted octanol–water partition coefficient (Wildman–Crippen LogP) is 3.40. The van der Waals surface area contributed by atoms with Crippen molar-refractivity contribution in [3.63, 3.8) is 0 Å². The molecule has 1 aromatic carbocycles. The van der Waals surface area contributed by atoms with Crippen LogP contribution in [0.1, 0.15) is 12.5 Å². The van der Waals surface area contributed by atoms with Gasteiger partial charge in [0, 0.05) is 10.8 Å². The largest absolute Gasteiger partial charge is 0.449 e. The molecule has 0 saturated carbocycles. The first-order chi connectivity index (χ1) is 9.20. The van der Waals surface area contributed by atoms with Crippen molar-refractivity contribution in [3.05, 3.63) is 34.9 Å².